The molecular weight excluding hydrogens is 385 g/mol. The van der Waals surface area contributed by atoms with E-state index in [1.165, 1.54) is 16.7 Å². The Morgan fingerprint density at radius 1 is 1.00 bits per heavy atom. The highest BCUT2D eigenvalue weighted by molar-refractivity contribution is 14.0. The van der Waals surface area contributed by atoms with Gasteiger partial charge in [-0.05, 0) is 43.0 Å². The molecule has 4 heteroatoms. The zero-order valence-corrected chi connectivity index (χ0v) is 15.5. The zero-order chi connectivity index (χ0) is 15.1. The number of benzene rings is 2. The summed E-state index contributed by atoms with van der Waals surface area (Å²) in [5, 5.41) is 3.10. The van der Waals surface area contributed by atoms with Gasteiger partial charge in [-0.15, -0.1) is 24.0 Å². The van der Waals surface area contributed by atoms with Crippen molar-refractivity contribution in [3.8, 4) is 0 Å². The minimum absolute atomic E-state index is 0. The molecule has 0 saturated carbocycles. The van der Waals surface area contributed by atoms with Crippen molar-refractivity contribution in [2.24, 2.45) is 10.7 Å². The molecular formula is C18H24IN3. The summed E-state index contributed by atoms with van der Waals surface area (Å²) in [6.45, 7) is 4.91. The number of nitrogens with one attached hydrogen (secondary N) is 1. The molecule has 0 aliphatic heterocycles. The number of nitrogens with zero attached hydrogens (tertiary/aromatic N) is 1. The Morgan fingerprint density at radius 2 is 1.59 bits per heavy atom. The van der Waals surface area contributed by atoms with E-state index in [0.717, 1.165) is 18.5 Å². The van der Waals surface area contributed by atoms with E-state index in [2.05, 4.69) is 48.4 Å². The summed E-state index contributed by atoms with van der Waals surface area (Å²) < 4.78 is 0. The molecule has 0 aliphatic carbocycles. The molecule has 2 aromatic carbocycles. The van der Waals surface area contributed by atoms with Gasteiger partial charge in [-0.1, -0.05) is 48.9 Å². The number of rotatable bonds is 5. The van der Waals surface area contributed by atoms with Gasteiger partial charge < -0.3 is 11.1 Å². The Bertz CT molecular complexity index is 589. The van der Waals surface area contributed by atoms with Gasteiger partial charge in [0.1, 0.15) is 0 Å². The van der Waals surface area contributed by atoms with Gasteiger partial charge in [-0.3, -0.25) is 4.99 Å². The quantitative estimate of drug-likeness (QED) is 0.443. The van der Waals surface area contributed by atoms with Crippen LogP contribution in [0.15, 0.2) is 53.5 Å². The molecule has 2 aromatic rings. The first-order valence-corrected chi connectivity index (χ1v) is 7.39. The molecule has 0 radical (unpaired) electrons. The third-order valence-corrected chi connectivity index (χ3v) is 3.44. The number of hydrogen-bond donors (Lipinski definition) is 2. The van der Waals surface area contributed by atoms with E-state index in [1.54, 1.807) is 0 Å². The third-order valence-electron chi connectivity index (χ3n) is 3.44. The van der Waals surface area contributed by atoms with Crippen LogP contribution in [0.2, 0.25) is 0 Å². The van der Waals surface area contributed by atoms with Crippen LogP contribution in [-0.4, -0.2) is 12.5 Å². The van der Waals surface area contributed by atoms with Gasteiger partial charge in [0.05, 0.1) is 0 Å². The molecule has 0 heterocycles. The van der Waals surface area contributed by atoms with Crippen LogP contribution in [0.1, 0.15) is 23.6 Å². The number of halogens is 1. The smallest absolute Gasteiger partial charge is 0.193 e. The van der Waals surface area contributed by atoms with Crippen molar-refractivity contribution in [1.82, 2.24) is 0 Å². The predicted molar refractivity (Wildman–Crippen MR) is 106 cm³/mol. The molecule has 0 amide bonds. The molecule has 0 aliphatic rings. The normalized spacial score (nSPS) is 10.9. The third kappa shape index (κ3) is 6.05. The molecule has 0 fully saturated rings. The van der Waals surface area contributed by atoms with Gasteiger partial charge in [0, 0.05) is 12.2 Å². The van der Waals surface area contributed by atoms with E-state index in [4.69, 9.17) is 5.73 Å². The Kier molecular flexibility index (Phi) is 7.95. The van der Waals surface area contributed by atoms with Gasteiger partial charge >= 0.3 is 0 Å². The van der Waals surface area contributed by atoms with Crippen LogP contribution in [0, 0.1) is 6.92 Å². The molecule has 0 atom stereocenters. The average Bonchev–Trinajstić information content (AvgIpc) is 2.50. The fourth-order valence-electron chi connectivity index (χ4n) is 2.07. The molecule has 0 aromatic heterocycles. The van der Waals surface area contributed by atoms with Gasteiger partial charge in [-0.25, -0.2) is 0 Å². The van der Waals surface area contributed by atoms with Crippen LogP contribution in [0.4, 0.5) is 5.69 Å². The van der Waals surface area contributed by atoms with Crippen LogP contribution in [0.3, 0.4) is 0 Å². The first-order chi connectivity index (χ1) is 10.2. The minimum atomic E-state index is 0. The highest BCUT2D eigenvalue weighted by atomic mass is 127. The lowest BCUT2D eigenvalue weighted by molar-refractivity contribution is 0.961. The first kappa shape index (κ1) is 18.5. The number of guanidine groups is 1. The van der Waals surface area contributed by atoms with Gasteiger partial charge in [-0.2, -0.15) is 0 Å². The number of anilines is 1. The van der Waals surface area contributed by atoms with Crippen LogP contribution in [0.5, 0.6) is 0 Å². The second-order valence-corrected chi connectivity index (χ2v) is 5.18. The van der Waals surface area contributed by atoms with Crippen molar-refractivity contribution in [3.63, 3.8) is 0 Å². The molecule has 2 rings (SSSR count). The summed E-state index contributed by atoms with van der Waals surface area (Å²) in [5.41, 5.74) is 10.7. The van der Waals surface area contributed by atoms with Crippen molar-refractivity contribution in [1.29, 1.82) is 0 Å². The Morgan fingerprint density at radius 3 is 2.18 bits per heavy atom. The lowest BCUT2D eigenvalue weighted by atomic mass is 10.1. The van der Waals surface area contributed by atoms with E-state index in [1.807, 2.05) is 24.3 Å². The summed E-state index contributed by atoms with van der Waals surface area (Å²) in [6, 6.07) is 16.8. The number of nitrogens with two attached hydrogens (primary N) is 1. The van der Waals surface area contributed by atoms with Gasteiger partial charge in [0.2, 0.25) is 0 Å². The van der Waals surface area contributed by atoms with Crippen LogP contribution in [-0.2, 0) is 12.8 Å². The molecule has 0 bridgehead atoms. The Hall–Kier alpha value is -1.56. The molecule has 22 heavy (non-hydrogen) atoms. The summed E-state index contributed by atoms with van der Waals surface area (Å²) in [7, 11) is 0. The maximum atomic E-state index is 5.89. The fourth-order valence-corrected chi connectivity index (χ4v) is 2.07. The highest BCUT2D eigenvalue weighted by Crippen LogP contribution is 2.08. The maximum absolute atomic E-state index is 5.89. The largest absolute Gasteiger partial charge is 0.370 e. The summed E-state index contributed by atoms with van der Waals surface area (Å²) in [4.78, 5) is 4.36. The molecule has 0 saturated heterocycles. The lowest BCUT2D eigenvalue weighted by Crippen LogP contribution is -2.23. The summed E-state index contributed by atoms with van der Waals surface area (Å²) >= 11 is 0. The van der Waals surface area contributed by atoms with Crippen molar-refractivity contribution < 1.29 is 0 Å². The van der Waals surface area contributed by atoms with Crippen molar-refractivity contribution >= 4 is 35.6 Å². The van der Waals surface area contributed by atoms with Crippen LogP contribution in [0.25, 0.3) is 0 Å². The standard InChI is InChI=1S/C18H23N3.HI/c1-3-15-6-8-16(9-7-15)12-13-20-18(19)21-17-10-4-14(2)5-11-17;/h4-11H,3,12-13H2,1-2H3,(H3,19,20,21);1H. The Labute approximate surface area is 150 Å². The number of hydrogen-bond acceptors (Lipinski definition) is 1. The Balaban J connectivity index is 0.00000242. The summed E-state index contributed by atoms with van der Waals surface area (Å²) in [6.07, 6.45) is 1.98. The van der Waals surface area contributed by atoms with E-state index >= 15 is 0 Å². The first-order valence-electron chi connectivity index (χ1n) is 7.39. The number of aryl methyl sites for hydroxylation is 2. The van der Waals surface area contributed by atoms with E-state index in [-0.39, 0.29) is 24.0 Å². The molecule has 3 nitrogen and oxygen atoms in total. The van der Waals surface area contributed by atoms with E-state index in [9.17, 15) is 0 Å². The second kappa shape index (κ2) is 9.46. The SMILES string of the molecule is CCc1ccc(CCN=C(N)Nc2ccc(C)cc2)cc1.I. The van der Waals surface area contributed by atoms with Crippen LogP contribution >= 0.6 is 24.0 Å². The molecule has 118 valence electrons. The van der Waals surface area contributed by atoms with E-state index < -0.39 is 0 Å². The highest BCUT2D eigenvalue weighted by Gasteiger charge is 1.96. The van der Waals surface area contributed by atoms with Crippen molar-refractivity contribution in [2.45, 2.75) is 26.7 Å². The van der Waals surface area contributed by atoms with Gasteiger partial charge in [0.25, 0.3) is 0 Å². The topological polar surface area (TPSA) is 50.4 Å². The van der Waals surface area contributed by atoms with Crippen molar-refractivity contribution in [2.75, 3.05) is 11.9 Å². The minimum Gasteiger partial charge on any atom is -0.370 e. The molecule has 0 unspecified atom stereocenters. The van der Waals surface area contributed by atoms with Crippen LogP contribution < -0.4 is 11.1 Å². The summed E-state index contributed by atoms with van der Waals surface area (Å²) in [5.74, 6) is 0.462. The maximum Gasteiger partial charge on any atom is 0.193 e. The average molecular weight is 409 g/mol. The zero-order valence-electron chi connectivity index (χ0n) is 13.2. The monoisotopic (exact) mass is 409 g/mol. The predicted octanol–water partition coefficient (Wildman–Crippen LogP) is 4.14. The molecule has 3 N–H and O–H groups in total. The lowest BCUT2D eigenvalue weighted by Gasteiger charge is -2.06. The second-order valence-electron chi connectivity index (χ2n) is 5.18. The van der Waals surface area contributed by atoms with Gasteiger partial charge in [0.15, 0.2) is 5.96 Å². The van der Waals surface area contributed by atoms with E-state index in [0.29, 0.717) is 12.5 Å². The fraction of sp³-hybridized carbons (Fsp3) is 0.278. The number of aliphatic imine (C=N–C) groups is 1. The molecule has 0 spiro atoms. The van der Waals surface area contributed by atoms with Crippen molar-refractivity contribution in [3.05, 3.63) is 65.2 Å².